The van der Waals surface area contributed by atoms with Crippen LogP contribution in [-0.2, 0) is 25.1 Å². The first kappa shape index (κ1) is 21.3. The molecule has 1 atom stereocenters. The molecule has 1 fully saturated rings. The Kier molecular flexibility index (Phi) is 5.31. The van der Waals surface area contributed by atoms with Crippen LogP contribution in [0, 0.1) is 5.92 Å². The van der Waals surface area contributed by atoms with Gasteiger partial charge in [0.1, 0.15) is 15.5 Å². The number of H-pyrrole nitrogens is 1. The van der Waals surface area contributed by atoms with Crippen LogP contribution in [0.1, 0.15) is 53.9 Å². The predicted molar refractivity (Wildman–Crippen MR) is 137 cm³/mol. The molecule has 6 rings (SSSR count). The van der Waals surface area contributed by atoms with Crippen molar-refractivity contribution in [3.05, 3.63) is 60.6 Å². The molecule has 1 saturated carbocycles. The first-order chi connectivity index (χ1) is 16.0. The van der Waals surface area contributed by atoms with E-state index in [4.69, 9.17) is 9.97 Å². The maximum Gasteiger partial charge on any atom is 0.263 e. The van der Waals surface area contributed by atoms with E-state index in [1.54, 1.807) is 33.3 Å². The quantitative estimate of drug-likeness (QED) is 0.224. The Labute approximate surface area is 202 Å². The summed E-state index contributed by atoms with van der Waals surface area (Å²) in [6.07, 6.45) is 7.13. The van der Waals surface area contributed by atoms with Crippen LogP contribution in [0.2, 0.25) is 0 Å². The van der Waals surface area contributed by atoms with Gasteiger partial charge in [0.15, 0.2) is 5.16 Å². The Morgan fingerprint density at radius 2 is 2.09 bits per heavy atom. The third-order valence-corrected chi connectivity index (χ3v) is 9.59. The van der Waals surface area contributed by atoms with Crippen LogP contribution in [0.25, 0.3) is 20.4 Å². The number of nitrogens with one attached hydrogen (secondary N) is 1. The Morgan fingerprint density at radius 3 is 2.88 bits per heavy atom. The molecule has 0 spiro atoms. The molecular weight excluding hydrogens is 472 g/mol. The number of hydrogen-bond donors (Lipinski definition) is 1. The second-order valence-electron chi connectivity index (χ2n) is 9.08. The van der Waals surface area contributed by atoms with Crippen molar-refractivity contribution in [2.45, 2.75) is 62.4 Å². The van der Waals surface area contributed by atoms with Crippen molar-refractivity contribution < 1.29 is 0 Å². The van der Waals surface area contributed by atoms with Gasteiger partial charge in [0.05, 0.1) is 16.5 Å². The van der Waals surface area contributed by atoms with E-state index >= 15 is 0 Å². The molecule has 0 bridgehead atoms. The number of hydrogen-bond acceptors (Lipinski definition) is 7. The zero-order valence-corrected chi connectivity index (χ0v) is 20.8. The summed E-state index contributed by atoms with van der Waals surface area (Å²) in [7, 11) is 0. The molecule has 4 heterocycles. The van der Waals surface area contributed by atoms with Gasteiger partial charge in [-0.05, 0) is 60.4 Å². The van der Waals surface area contributed by atoms with Gasteiger partial charge in [0.2, 0.25) is 0 Å². The van der Waals surface area contributed by atoms with E-state index in [-0.39, 0.29) is 11.1 Å². The normalized spacial score (nSPS) is 18.2. The van der Waals surface area contributed by atoms with Crippen LogP contribution in [0.15, 0.2) is 32.8 Å². The highest BCUT2D eigenvalue weighted by molar-refractivity contribution is 7.98. The average Bonchev–Trinajstić information content (AvgIpc) is 3.43. The molecule has 4 aromatic heterocycles. The van der Waals surface area contributed by atoms with Crippen LogP contribution in [-0.4, -0.2) is 19.5 Å². The van der Waals surface area contributed by atoms with Crippen molar-refractivity contribution in [2.24, 2.45) is 5.92 Å². The lowest BCUT2D eigenvalue weighted by atomic mass is 9.89. The summed E-state index contributed by atoms with van der Waals surface area (Å²) in [6, 6.07) is 0. The summed E-state index contributed by atoms with van der Waals surface area (Å²) in [5, 5.41) is 4.26. The van der Waals surface area contributed by atoms with E-state index in [0.29, 0.717) is 35.1 Å². The van der Waals surface area contributed by atoms with E-state index in [9.17, 15) is 9.59 Å². The van der Waals surface area contributed by atoms with E-state index in [1.807, 2.05) is 0 Å². The Balaban J connectivity index is 1.35. The van der Waals surface area contributed by atoms with Crippen LogP contribution in [0.3, 0.4) is 0 Å². The molecule has 0 radical (unpaired) electrons. The van der Waals surface area contributed by atoms with Gasteiger partial charge < -0.3 is 4.98 Å². The fourth-order valence-electron chi connectivity index (χ4n) is 4.72. The molecule has 2 aliphatic carbocycles. The van der Waals surface area contributed by atoms with Crippen molar-refractivity contribution in [1.82, 2.24) is 19.5 Å². The minimum Gasteiger partial charge on any atom is -0.309 e. The number of aromatic amines is 1. The van der Waals surface area contributed by atoms with Crippen molar-refractivity contribution in [3.63, 3.8) is 0 Å². The molecule has 0 aromatic carbocycles. The minimum absolute atomic E-state index is 0.00232. The highest BCUT2D eigenvalue weighted by Crippen LogP contribution is 2.44. The Hall–Kier alpha value is -2.23. The topological polar surface area (TPSA) is 80.6 Å². The standard InChI is InChI=1S/C24H24N4O2S3/c1-3-8-28-23(30)19-15(13-5-6-13)10-31-21(19)27-24(28)32-11-17-25-20(29)18-14-7-4-12(2)9-16(14)33-22(18)26-17/h3,10,12-13H,1,4-9,11H2,2H3,(H,25,26,29)/t12-/m0/s1. The summed E-state index contributed by atoms with van der Waals surface area (Å²) in [5.74, 6) is 2.22. The third kappa shape index (κ3) is 3.70. The Bertz CT molecular complexity index is 1520. The summed E-state index contributed by atoms with van der Waals surface area (Å²) in [6.45, 7) is 6.49. The van der Waals surface area contributed by atoms with Gasteiger partial charge in [0, 0.05) is 11.4 Å². The van der Waals surface area contributed by atoms with Gasteiger partial charge in [-0.3, -0.25) is 14.2 Å². The number of aromatic nitrogens is 4. The minimum atomic E-state index is -0.0538. The first-order valence-electron chi connectivity index (χ1n) is 11.3. The van der Waals surface area contributed by atoms with E-state index < -0.39 is 0 Å². The predicted octanol–water partition coefficient (Wildman–Crippen LogP) is 5.24. The smallest absolute Gasteiger partial charge is 0.263 e. The van der Waals surface area contributed by atoms with Crippen molar-refractivity contribution in [2.75, 3.05) is 0 Å². The summed E-state index contributed by atoms with van der Waals surface area (Å²) < 4.78 is 1.69. The molecule has 4 aromatic rings. The number of thioether (sulfide) groups is 1. The van der Waals surface area contributed by atoms with Gasteiger partial charge in [-0.2, -0.15) is 0 Å². The largest absolute Gasteiger partial charge is 0.309 e. The van der Waals surface area contributed by atoms with Crippen LogP contribution in [0.5, 0.6) is 0 Å². The van der Waals surface area contributed by atoms with Crippen LogP contribution >= 0.6 is 34.4 Å². The number of thiophene rings is 2. The summed E-state index contributed by atoms with van der Waals surface area (Å²) in [4.78, 5) is 41.8. The van der Waals surface area contributed by atoms with Gasteiger partial charge in [-0.15, -0.1) is 29.3 Å². The molecule has 0 amide bonds. The van der Waals surface area contributed by atoms with Gasteiger partial charge in [-0.25, -0.2) is 9.97 Å². The van der Waals surface area contributed by atoms with Gasteiger partial charge >= 0.3 is 0 Å². The molecule has 0 unspecified atom stereocenters. The molecule has 2 aliphatic rings. The van der Waals surface area contributed by atoms with Crippen molar-refractivity contribution >= 4 is 54.9 Å². The van der Waals surface area contributed by atoms with Crippen molar-refractivity contribution in [1.29, 1.82) is 0 Å². The van der Waals surface area contributed by atoms with E-state index in [1.165, 1.54) is 22.2 Å². The zero-order chi connectivity index (χ0) is 22.7. The average molecular weight is 497 g/mol. The molecule has 6 nitrogen and oxygen atoms in total. The lowest BCUT2D eigenvalue weighted by Gasteiger charge is -2.17. The first-order valence-corrected chi connectivity index (χ1v) is 14.0. The molecule has 33 heavy (non-hydrogen) atoms. The van der Waals surface area contributed by atoms with Gasteiger partial charge in [0.25, 0.3) is 11.1 Å². The second kappa shape index (κ2) is 8.21. The number of rotatable bonds is 6. The number of aryl methyl sites for hydroxylation is 1. The third-order valence-electron chi connectivity index (χ3n) is 6.57. The highest BCUT2D eigenvalue weighted by Gasteiger charge is 2.29. The lowest BCUT2D eigenvalue weighted by molar-refractivity contribution is 0.509. The fraction of sp³-hybridized carbons (Fsp3) is 0.417. The molecule has 0 saturated heterocycles. The maximum atomic E-state index is 13.3. The Morgan fingerprint density at radius 1 is 1.24 bits per heavy atom. The zero-order valence-electron chi connectivity index (χ0n) is 18.3. The number of nitrogens with zero attached hydrogens (tertiary/aromatic N) is 3. The molecular formula is C24H24N4O2S3. The van der Waals surface area contributed by atoms with Crippen molar-refractivity contribution in [3.8, 4) is 0 Å². The SMILES string of the molecule is C=CCn1c(SCc2nc3sc4c(c3c(=O)[nH]2)CC[C@H](C)C4)nc2scc(C3CC3)c2c1=O. The lowest BCUT2D eigenvalue weighted by Crippen LogP contribution is -2.23. The summed E-state index contributed by atoms with van der Waals surface area (Å²) >= 11 is 4.64. The van der Waals surface area contributed by atoms with Crippen LogP contribution in [0.4, 0.5) is 0 Å². The number of allylic oxidation sites excluding steroid dienone is 1. The monoisotopic (exact) mass is 496 g/mol. The van der Waals surface area contributed by atoms with Gasteiger partial charge in [-0.1, -0.05) is 24.8 Å². The molecule has 0 aliphatic heterocycles. The fourth-order valence-corrected chi connectivity index (χ4v) is 8.06. The maximum absolute atomic E-state index is 13.3. The number of fused-ring (bicyclic) bond motifs is 4. The summed E-state index contributed by atoms with van der Waals surface area (Å²) in [5.41, 5.74) is 2.29. The van der Waals surface area contributed by atoms with Crippen LogP contribution < -0.4 is 11.1 Å². The molecule has 170 valence electrons. The van der Waals surface area contributed by atoms with E-state index in [2.05, 4.69) is 23.9 Å². The second-order valence-corrected chi connectivity index (χ2v) is 12.0. The molecule has 9 heteroatoms. The highest BCUT2D eigenvalue weighted by atomic mass is 32.2. The van der Waals surface area contributed by atoms with E-state index in [0.717, 1.165) is 58.1 Å². The molecule has 1 N–H and O–H groups in total.